The van der Waals surface area contributed by atoms with E-state index in [-0.39, 0.29) is 23.8 Å². The minimum absolute atomic E-state index is 0.0580. The Morgan fingerprint density at radius 1 is 1.52 bits per heavy atom. The van der Waals surface area contributed by atoms with Crippen LogP contribution < -0.4 is 5.32 Å². The summed E-state index contributed by atoms with van der Waals surface area (Å²) < 4.78 is 0. The summed E-state index contributed by atoms with van der Waals surface area (Å²) in [6.45, 7) is 4.06. The topological polar surface area (TPSA) is 75.5 Å². The molecule has 1 spiro atoms. The number of amides is 1. The van der Waals surface area contributed by atoms with Gasteiger partial charge in [0.05, 0.1) is 4.92 Å². The molecule has 112 valence electrons. The van der Waals surface area contributed by atoms with Crippen LogP contribution in [0.25, 0.3) is 0 Å². The zero-order valence-electron chi connectivity index (χ0n) is 12.2. The van der Waals surface area contributed by atoms with Gasteiger partial charge >= 0.3 is 0 Å². The lowest BCUT2D eigenvalue weighted by molar-refractivity contribution is -0.385. The summed E-state index contributed by atoms with van der Waals surface area (Å²) in [5.74, 6) is 0.133. The minimum Gasteiger partial charge on any atom is -0.319 e. The maximum atomic E-state index is 12.6. The number of non-ortho nitro benzene ring substituents is 1. The van der Waals surface area contributed by atoms with Crippen LogP contribution in [-0.2, 0) is 4.79 Å². The summed E-state index contributed by atoms with van der Waals surface area (Å²) in [5.41, 5.74) is 0.419. The molecule has 2 aliphatic rings. The number of nitro groups is 1. The molecule has 1 N–H and O–H groups in total. The van der Waals surface area contributed by atoms with Gasteiger partial charge in [0.15, 0.2) is 0 Å². The SMILES string of the molecule is CCC(C)N1C(=O)C2(CC2)NC1c1cccc([N+](=O)[O-])c1. The average Bonchev–Trinajstić information content (AvgIpc) is 3.20. The van der Waals surface area contributed by atoms with Crippen LogP contribution >= 0.6 is 0 Å². The van der Waals surface area contributed by atoms with E-state index in [1.54, 1.807) is 12.1 Å². The van der Waals surface area contributed by atoms with E-state index < -0.39 is 10.5 Å². The van der Waals surface area contributed by atoms with Crippen LogP contribution in [0.15, 0.2) is 24.3 Å². The third kappa shape index (κ3) is 2.19. The van der Waals surface area contributed by atoms with Crippen LogP contribution in [0.3, 0.4) is 0 Å². The van der Waals surface area contributed by atoms with Crippen molar-refractivity contribution in [2.45, 2.75) is 50.9 Å². The lowest BCUT2D eigenvalue weighted by atomic mass is 10.1. The number of hydrogen-bond acceptors (Lipinski definition) is 4. The molecule has 1 saturated carbocycles. The number of nitrogens with one attached hydrogen (secondary N) is 1. The number of nitrogens with zero attached hydrogens (tertiary/aromatic N) is 2. The van der Waals surface area contributed by atoms with Gasteiger partial charge in [-0.15, -0.1) is 0 Å². The van der Waals surface area contributed by atoms with E-state index in [9.17, 15) is 14.9 Å². The van der Waals surface area contributed by atoms with Crippen molar-refractivity contribution in [3.8, 4) is 0 Å². The molecule has 2 atom stereocenters. The van der Waals surface area contributed by atoms with Crippen molar-refractivity contribution in [3.63, 3.8) is 0 Å². The third-order valence-corrected chi connectivity index (χ3v) is 4.55. The second-order valence-electron chi connectivity index (χ2n) is 5.95. The number of rotatable bonds is 4. The van der Waals surface area contributed by atoms with Gasteiger partial charge in [-0.2, -0.15) is 0 Å². The van der Waals surface area contributed by atoms with E-state index >= 15 is 0 Å². The van der Waals surface area contributed by atoms with Crippen molar-refractivity contribution in [2.75, 3.05) is 0 Å². The molecule has 1 heterocycles. The Balaban J connectivity index is 1.97. The quantitative estimate of drug-likeness (QED) is 0.682. The van der Waals surface area contributed by atoms with Crippen molar-refractivity contribution in [2.24, 2.45) is 0 Å². The summed E-state index contributed by atoms with van der Waals surface area (Å²) in [5, 5.41) is 14.3. The molecule has 1 aromatic rings. The third-order valence-electron chi connectivity index (χ3n) is 4.55. The van der Waals surface area contributed by atoms with Gasteiger partial charge in [0.25, 0.3) is 5.69 Å². The van der Waals surface area contributed by atoms with Crippen LogP contribution in [0, 0.1) is 10.1 Å². The van der Waals surface area contributed by atoms with Crippen LogP contribution in [0.2, 0.25) is 0 Å². The molecule has 1 aliphatic heterocycles. The summed E-state index contributed by atoms with van der Waals surface area (Å²) in [7, 11) is 0. The van der Waals surface area contributed by atoms with Gasteiger partial charge in [-0.25, -0.2) is 0 Å². The molecule has 6 heteroatoms. The highest BCUT2D eigenvalue weighted by molar-refractivity contribution is 5.92. The molecule has 0 aromatic heterocycles. The largest absolute Gasteiger partial charge is 0.319 e. The van der Waals surface area contributed by atoms with E-state index in [0.717, 1.165) is 24.8 Å². The monoisotopic (exact) mass is 289 g/mol. The first-order chi connectivity index (χ1) is 9.98. The number of nitro benzene ring substituents is 1. The summed E-state index contributed by atoms with van der Waals surface area (Å²) in [6, 6.07) is 6.65. The van der Waals surface area contributed by atoms with Crippen molar-refractivity contribution >= 4 is 11.6 Å². The smallest absolute Gasteiger partial charge is 0.269 e. The predicted octanol–water partition coefficient (Wildman–Crippen LogP) is 2.36. The molecule has 3 rings (SSSR count). The Hall–Kier alpha value is -1.95. The molecule has 0 bridgehead atoms. The molecule has 21 heavy (non-hydrogen) atoms. The van der Waals surface area contributed by atoms with E-state index in [2.05, 4.69) is 5.32 Å². The number of benzene rings is 1. The summed E-state index contributed by atoms with van der Waals surface area (Å²) in [6.07, 6.45) is 2.29. The van der Waals surface area contributed by atoms with Crippen molar-refractivity contribution < 1.29 is 9.72 Å². The zero-order valence-corrected chi connectivity index (χ0v) is 12.2. The van der Waals surface area contributed by atoms with Gasteiger partial charge < -0.3 is 4.90 Å². The van der Waals surface area contributed by atoms with Crippen molar-refractivity contribution in [1.82, 2.24) is 10.2 Å². The zero-order chi connectivity index (χ0) is 15.2. The van der Waals surface area contributed by atoms with Gasteiger partial charge in [-0.1, -0.05) is 19.1 Å². The lowest BCUT2D eigenvalue weighted by Gasteiger charge is -2.29. The van der Waals surface area contributed by atoms with Crippen LogP contribution in [0.1, 0.15) is 44.8 Å². The molecule has 6 nitrogen and oxygen atoms in total. The summed E-state index contributed by atoms with van der Waals surface area (Å²) in [4.78, 5) is 25.0. The van der Waals surface area contributed by atoms with Gasteiger partial charge in [0.2, 0.25) is 5.91 Å². The fraction of sp³-hybridized carbons (Fsp3) is 0.533. The molecule has 1 aromatic carbocycles. The summed E-state index contributed by atoms with van der Waals surface area (Å²) >= 11 is 0. The number of hydrogen-bond donors (Lipinski definition) is 1. The number of carbonyl (C=O) groups excluding carboxylic acids is 1. The average molecular weight is 289 g/mol. The van der Waals surface area contributed by atoms with Crippen LogP contribution in [0.4, 0.5) is 5.69 Å². The van der Waals surface area contributed by atoms with Gasteiger partial charge in [-0.05, 0) is 31.7 Å². The van der Waals surface area contributed by atoms with E-state index in [1.165, 1.54) is 6.07 Å². The Morgan fingerprint density at radius 2 is 2.24 bits per heavy atom. The lowest BCUT2D eigenvalue weighted by Crippen LogP contribution is -2.38. The van der Waals surface area contributed by atoms with Crippen molar-refractivity contribution in [3.05, 3.63) is 39.9 Å². The van der Waals surface area contributed by atoms with Gasteiger partial charge in [-0.3, -0.25) is 20.2 Å². The molecule has 1 saturated heterocycles. The Labute approximate surface area is 123 Å². The van der Waals surface area contributed by atoms with E-state index in [4.69, 9.17) is 0 Å². The first-order valence-corrected chi connectivity index (χ1v) is 7.33. The highest BCUT2D eigenvalue weighted by Crippen LogP contribution is 2.47. The maximum absolute atomic E-state index is 12.6. The molecule has 2 unspecified atom stereocenters. The molecular formula is C15H19N3O3. The normalized spacial score (nSPS) is 24.4. The first-order valence-electron chi connectivity index (χ1n) is 7.33. The highest BCUT2D eigenvalue weighted by Gasteiger charge is 2.60. The maximum Gasteiger partial charge on any atom is 0.269 e. The number of carbonyl (C=O) groups is 1. The van der Waals surface area contributed by atoms with Crippen LogP contribution in [0.5, 0.6) is 0 Å². The minimum atomic E-state index is -0.418. The molecule has 0 radical (unpaired) electrons. The second-order valence-corrected chi connectivity index (χ2v) is 5.95. The van der Waals surface area contributed by atoms with E-state index in [0.29, 0.717) is 0 Å². The highest BCUT2D eigenvalue weighted by atomic mass is 16.6. The fourth-order valence-electron chi connectivity index (χ4n) is 2.94. The standard InChI is InChI=1S/C15H19N3O3/c1-3-10(2)17-13(16-15(7-8-15)14(17)19)11-5-4-6-12(9-11)18(20)21/h4-6,9-10,13,16H,3,7-8H2,1-2H3. The fourth-order valence-corrected chi connectivity index (χ4v) is 2.94. The van der Waals surface area contributed by atoms with E-state index in [1.807, 2.05) is 24.8 Å². The molecule has 1 aliphatic carbocycles. The molecular weight excluding hydrogens is 270 g/mol. The second kappa shape index (κ2) is 4.80. The van der Waals surface area contributed by atoms with Gasteiger partial charge in [0.1, 0.15) is 11.7 Å². The Morgan fingerprint density at radius 3 is 2.81 bits per heavy atom. The first kappa shape index (κ1) is 14.0. The molecule has 1 amide bonds. The van der Waals surface area contributed by atoms with Crippen LogP contribution in [-0.4, -0.2) is 27.3 Å². The Kier molecular flexibility index (Phi) is 3.20. The Bertz CT molecular complexity index is 598. The van der Waals surface area contributed by atoms with Gasteiger partial charge in [0, 0.05) is 18.2 Å². The molecule has 2 fully saturated rings. The van der Waals surface area contributed by atoms with Crippen molar-refractivity contribution in [1.29, 1.82) is 0 Å². The predicted molar refractivity (Wildman–Crippen MR) is 77.5 cm³/mol.